The summed E-state index contributed by atoms with van der Waals surface area (Å²) in [4.78, 5) is 0. The highest BCUT2D eigenvalue weighted by molar-refractivity contribution is 7.83. The van der Waals surface area contributed by atoms with Crippen LogP contribution >= 0.6 is 18.1 Å². The van der Waals surface area contributed by atoms with Crippen molar-refractivity contribution in [2.24, 2.45) is 0 Å². The van der Waals surface area contributed by atoms with Crippen molar-refractivity contribution < 1.29 is 9.09 Å². The molecule has 5 heteroatoms. The van der Waals surface area contributed by atoms with Crippen molar-refractivity contribution in [1.82, 2.24) is 4.67 Å². The van der Waals surface area contributed by atoms with E-state index in [9.17, 15) is 4.57 Å². The molecule has 0 aliphatic carbocycles. The first kappa shape index (κ1) is 9.01. The Morgan fingerprint density at radius 2 is 2.25 bits per heavy atom. The summed E-state index contributed by atoms with van der Waals surface area (Å²) in [6.45, 7) is -1.52. The predicted octanol–water partition coefficient (Wildman–Crippen LogP) is 2.61. The van der Waals surface area contributed by atoms with E-state index in [2.05, 4.69) is 0 Å². The lowest BCUT2D eigenvalue weighted by Crippen LogP contribution is -2.40. The van der Waals surface area contributed by atoms with Crippen LogP contribution in [0.2, 0.25) is 0 Å². The Kier molecular flexibility index (Phi) is 2.48. The second-order valence-electron chi connectivity index (χ2n) is 3.39. The van der Waals surface area contributed by atoms with Gasteiger partial charge in [0.2, 0.25) is 0 Å². The van der Waals surface area contributed by atoms with Gasteiger partial charge in [0.15, 0.2) is 0 Å². The quantitative estimate of drug-likeness (QED) is 0.575. The summed E-state index contributed by atoms with van der Waals surface area (Å²) in [5, 5.41) is 0. The van der Waals surface area contributed by atoms with Crippen molar-refractivity contribution >= 4 is 18.1 Å². The van der Waals surface area contributed by atoms with Crippen LogP contribution in [-0.4, -0.2) is 23.9 Å². The van der Waals surface area contributed by atoms with Crippen LogP contribution in [0.15, 0.2) is 0 Å². The van der Waals surface area contributed by atoms with Crippen molar-refractivity contribution in [3.8, 4) is 0 Å². The minimum absolute atomic E-state index is 0.413. The zero-order chi connectivity index (χ0) is 8.60. The fourth-order valence-corrected chi connectivity index (χ4v) is 4.25. The molecule has 0 radical (unpaired) electrons. The summed E-state index contributed by atoms with van der Waals surface area (Å²) in [5.41, 5.74) is 0. The van der Waals surface area contributed by atoms with Crippen LogP contribution in [-0.2, 0) is 9.09 Å². The van der Waals surface area contributed by atoms with E-state index in [1.165, 1.54) is 6.42 Å². The Morgan fingerprint density at radius 1 is 1.42 bits per heavy atom. The lowest BCUT2D eigenvalue weighted by atomic mass is 10.0. The van der Waals surface area contributed by atoms with Crippen molar-refractivity contribution in [3.63, 3.8) is 0 Å². The Balaban J connectivity index is 2.15. The smallest absolute Gasteiger partial charge is 0.306 e. The SMILES string of the molecule is O=[P@@]1(Cl)OCC[C@H]2CCCCN21. The molecule has 2 fully saturated rings. The number of nitrogens with zero attached hydrogens (tertiary/aromatic N) is 1. The summed E-state index contributed by atoms with van der Waals surface area (Å²) in [7, 11) is 0. The molecule has 2 saturated heterocycles. The van der Waals surface area contributed by atoms with E-state index in [4.69, 9.17) is 15.8 Å². The van der Waals surface area contributed by atoms with Crippen molar-refractivity contribution in [3.05, 3.63) is 0 Å². The van der Waals surface area contributed by atoms with Gasteiger partial charge in [-0.3, -0.25) is 4.57 Å². The second kappa shape index (κ2) is 3.30. The van der Waals surface area contributed by atoms with E-state index in [1.807, 2.05) is 4.67 Å². The summed E-state index contributed by atoms with van der Waals surface area (Å²) in [6, 6.07) is 0.413. The van der Waals surface area contributed by atoms with Crippen molar-refractivity contribution in [2.45, 2.75) is 31.7 Å². The zero-order valence-electron chi connectivity index (χ0n) is 6.91. The summed E-state index contributed by atoms with van der Waals surface area (Å²) in [6.07, 6.45) is 4.44. The van der Waals surface area contributed by atoms with Crippen molar-refractivity contribution in [1.29, 1.82) is 0 Å². The molecule has 0 N–H and O–H groups in total. The van der Waals surface area contributed by atoms with E-state index in [0.29, 0.717) is 12.6 Å². The largest absolute Gasteiger partial charge is 0.363 e. The molecule has 0 aromatic carbocycles. The minimum atomic E-state index is -2.91. The van der Waals surface area contributed by atoms with Crippen LogP contribution < -0.4 is 0 Å². The fraction of sp³-hybridized carbons (Fsp3) is 1.00. The molecule has 2 aliphatic heterocycles. The van der Waals surface area contributed by atoms with Gasteiger partial charge in [-0.1, -0.05) is 6.42 Å². The van der Waals surface area contributed by atoms with Gasteiger partial charge in [0.05, 0.1) is 6.61 Å². The second-order valence-corrected chi connectivity index (χ2v) is 6.34. The molecule has 0 spiro atoms. The third kappa shape index (κ3) is 1.56. The van der Waals surface area contributed by atoms with Crippen LogP contribution in [0.5, 0.6) is 0 Å². The molecule has 2 rings (SSSR count). The van der Waals surface area contributed by atoms with E-state index in [0.717, 1.165) is 25.8 Å². The van der Waals surface area contributed by atoms with Crippen LogP contribution in [0.3, 0.4) is 0 Å². The molecule has 0 aromatic heterocycles. The minimum Gasteiger partial charge on any atom is -0.306 e. The van der Waals surface area contributed by atoms with E-state index < -0.39 is 6.87 Å². The molecule has 0 aromatic rings. The molecule has 2 heterocycles. The van der Waals surface area contributed by atoms with Crippen LogP contribution in [0.4, 0.5) is 0 Å². The standard InChI is InChI=1S/C7H13ClNO2P/c8-12(10)9-5-2-1-3-7(9)4-6-11-12/h7H,1-6H2/t7-,12+/m1/s1. The highest BCUT2D eigenvalue weighted by atomic mass is 35.7. The first-order valence-electron chi connectivity index (χ1n) is 4.41. The fourth-order valence-electron chi connectivity index (χ4n) is 1.97. The number of hydrogen-bond donors (Lipinski definition) is 0. The molecule has 12 heavy (non-hydrogen) atoms. The first-order valence-corrected chi connectivity index (χ1v) is 6.90. The normalized spacial score (nSPS) is 43.9. The Morgan fingerprint density at radius 3 is 3.00 bits per heavy atom. The molecule has 0 amide bonds. The number of hydrogen-bond acceptors (Lipinski definition) is 2. The maximum Gasteiger partial charge on any atom is 0.363 e. The van der Waals surface area contributed by atoms with Crippen LogP contribution in [0, 0.1) is 0 Å². The van der Waals surface area contributed by atoms with Gasteiger partial charge in [0.25, 0.3) is 0 Å². The molecule has 3 nitrogen and oxygen atoms in total. The van der Waals surface area contributed by atoms with E-state index in [1.54, 1.807) is 0 Å². The topological polar surface area (TPSA) is 29.5 Å². The number of fused-ring (bicyclic) bond motifs is 1. The Hall–Kier alpha value is 0.440. The molecular formula is C7H13ClNO2P. The summed E-state index contributed by atoms with van der Waals surface area (Å²) >= 11 is 5.80. The van der Waals surface area contributed by atoms with E-state index in [-0.39, 0.29) is 0 Å². The molecule has 70 valence electrons. The molecule has 0 saturated carbocycles. The van der Waals surface area contributed by atoms with Crippen LogP contribution in [0.25, 0.3) is 0 Å². The van der Waals surface area contributed by atoms with Gasteiger partial charge in [-0.2, -0.15) is 0 Å². The zero-order valence-corrected chi connectivity index (χ0v) is 8.56. The Labute approximate surface area is 77.3 Å². The summed E-state index contributed by atoms with van der Waals surface area (Å²) < 4.78 is 18.6. The van der Waals surface area contributed by atoms with Gasteiger partial charge in [0.1, 0.15) is 0 Å². The van der Waals surface area contributed by atoms with Gasteiger partial charge in [-0.15, -0.1) is 0 Å². The average molecular weight is 210 g/mol. The van der Waals surface area contributed by atoms with Gasteiger partial charge >= 0.3 is 6.87 Å². The maximum atomic E-state index is 11.7. The number of piperidine rings is 1. The van der Waals surface area contributed by atoms with Gasteiger partial charge in [0, 0.05) is 12.6 Å². The molecule has 0 bridgehead atoms. The maximum absolute atomic E-state index is 11.7. The van der Waals surface area contributed by atoms with Gasteiger partial charge in [-0.25, -0.2) is 4.67 Å². The monoisotopic (exact) mass is 209 g/mol. The highest BCUT2D eigenvalue weighted by Crippen LogP contribution is 2.60. The first-order chi connectivity index (χ1) is 5.70. The molecule has 2 atom stereocenters. The predicted molar refractivity (Wildman–Crippen MR) is 48.4 cm³/mol. The molecular weight excluding hydrogens is 197 g/mol. The highest BCUT2D eigenvalue weighted by Gasteiger charge is 2.40. The Bertz CT molecular complexity index is 221. The number of halogens is 1. The third-order valence-electron chi connectivity index (χ3n) is 2.60. The third-order valence-corrected chi connectivity index (χ3v) is 5.12. The molecule has 0 unspecified atom stereocenters. The van der Waals surface area contributed by atoms with E-state index >= 15 is 0 Å². The lowest BCUT2D eigenvalue weighted by Gasteiger charge is -2.40. The van der Waals surface area contributed by atoms with Crippen molar-refractivity contribution in [2.75, 3.05) is 13.2 Å². The number of rotatable bonds is 0. The lowest BCUT2D eigenvalue weighted by molar-refractivity contribution is 0.138. The average Bonchev–Trinajstić information content (AvgIpc) is 2.04. The van der Waals surface area contributed by atoms with Crippen LogP contribution in [0.1, 0.15) is 25.7 Å². The van der Waals surface area contributed by atoms with Gasteiger partial charge < -0.3 is 4.52 Å². The summed E-state index contributed by atoms with van der Waals surface area (Å²) in [5.74, 6) is 0. The van der Waals surface area contributed by atoms with Gasteiger partial charge in [-0.05, 0) is 30.5 Å². The molecule has 2 aliphatic rings.